The highest BCUT2D eigenvalue weighted by molar-refractivity contribution is 7.99. The Morgan fingerprint density at radius 1 is 0.561 bits per heavy atom. The molecule has 2 aromatic carbocycles. The fourth-order valence-corrected chi connectivity index (χ4v) is 3.66. The number of carbonyl (C=O) groups is 4. The van der Waals surface area contributed by atoms with Crippen LogP contribution in [0.3, 0.4) is 0 Å². The van der Waals surface area contributed by atoms with Gasteiger partial charge in [-0.1, -0.05) is 38.1 Å². The van der Waals surface area contributed by atoms with Crippen LogP contribution in [0.5, 0.6) is 11.5 Å². The van der Waals surface area contributed by atoms with Crippen molar-refractivity contribution in [3.8, 4) is 11.5 Å². The summed E-state index contributed by atoms with van der Waals surface area (Å²) in [6.07, 6.45) is 2.38. The molecule has 41 heavy (non-hydrogen) atoms. The summed E-state index contributed by atoms with van der Waals surface area (Å²) in [6.45, 7) is 12.9. The van der Waals surface area contributed by atoms with E-state index in [2.05, 4.69) is 26.3 Å². The Morgan fingerprint density at radius 3 is 1.22 bits per heavy atom. The van der Waals surface area contributed by atoms with Crippen molar-refractivity contribution in [1.29, 1.82) is 0 Å². The molecule has 0 amide bonds. The normalized spacial score (nSPS) is 11.5. The molecule has 0 bridgehead atoms. The van der Waals surface area contributed by atoms with E-state index in [0.717, 1.165) is 34.1 Å². The molecule has 2 aromatic rings. The van der Waals surface area contributed by atoms with Crippen LogP contribution in [0, 0.1) is 0 Å². The molecule has 0 N–H and O–H groups in total. The average molecular weight is 583 g/mol. The van der Waals surface area contributed by atoms with Gasteiger partial charge in [-0.15, -0.1) is 0 Å². The van der Waals surface area contributed by atoms with E-state index in [9.17, 15) is 19.2 Å². The summed E-state index contributed by atoms with van der Waals surface area (Å²) in [4.78, 5) is 47.6. The maximum atomic E-state index is 11.6. The van der Waals surface area contributed by atoms with Gasteiger partial charge in [0.25, 0.3) is 0 Å². The van der Waals surface area contributed by atoms with E-state index in [1.165, 1.54) is 11.8 Å². The second-order valence-electron chi connectivity index (χ2n) is 7.86. The van der Waals surface area contributed by atoms with Crippen molar-refractivity contribution in [2.75, 3.05) is 26.4 Å². The van der Waals surface area contributed by atoms with E-state index in [-0.39, 0.29) is 26.4 Å². The van der Waals surface area contributed by atoms with Crippen molar-refractivity contribution in [3.63, 3.8) is 0 Å². The first-order chi connectivity index (χ1) is 19.8. The Kier molecular flexibility index (Phi) is 14.0. The van der Waals surface area contributed by atoms with Crippen LogP contribution >= 0.6 is 11.8 Å². The smallest absolute Gasteiger partial charge is 0.330 e. The van der Waals surface area contributed by atoms with Crippen LogP contribution < -0.4 is 9.47 Å². The van der Waals surface area contributed by atoms with E-state index in [1.54, 1.807) is 24.3 Å². The first kappa shape index (κ1) is 32.4. The molecule has 0 aliphatic heterocycles. The Balaban J connectivity index is 1.89. The van der Waals surface area contributed by atoms with Gasteiger partial charge in [0.1, 0.15) is 37.9 Å². The van der Waals surface area contributed by atoms with Crippen LogP contribution in [-0.2, 0) is 38.1 Å². The van der Waals surface area contributed by atoms with Crippen LogP contribution in [0.4, 0.5) is 0 Å². The summed E-state index contributed by atoms with van der Waals surface area (Å²) >= 11 is 1.50. The van der Waals surface area contributed by atoms with Crippen molar-refractivity contribution in [2.24, 2.45) is 0 Å². The Hall–Kier alpha value is -4.77. The summed E-state index contributed by atoms with van der Waals surface area (Å²) in [7, 11) is 0. The number of ether oxygens (including phenoxy) is 6. The number of benzene rings is 2. The lowest BCUT2D eigenvalue weighted by Crippen LogP contribution is -2.30. The van der Waals surface area contributed by atoms with Gasteiger partial charge in [0.2, 0.25) is 0 Å². The zero-order valence-corrected chi connectivity index (χ0v) is 23.0. The van der Waals surface area contributed by atoms with Crippen LogP contribution in [-0.4, -0.2) is 62.5 Å². The highest BCUT2D eigenvalue weighted by atomic mass is 32.2. The third-order valence-electron chi connectivity index (χ3n) is 4.81. The fourth-order valence-electron chi connectivity index (χ4n) is 2.85. The van der Waals surface area contributed by atoms with Crippen molar-refractivity contribution in [1.82, 2.24) is 0 Å². The summed E-state index contributed by atoms with van der Waals surface area (Å²) < 4.78 is 31.6. The summed E-state index contributed by atoms with van der Waals surface area (Å²) in [6, 6.07) is 14.5. The second-order valence-corrected chi connectivity index (χ2v) is 9.01. The maximum Gasteiger partial charge on any atom is 0.330 e. The van der Waals surface area contributed by atoms with Crippen LogP contribution in [0.1, 0.15) is 0 Å². The topological polar surface area (TPSA) is 124 Å². The zero-order valence-electron chi connectivity index (χ0n) is 22.2. The first-order valence-corrected chi connectivity index (χ1v) is 13.0. The van der Waals surface area contributed by atoms with Crippen LogP contribution in [0.15, 0.2) is 109 Å². The van der Waals surface area contributed by atoms with Crippen LogP contribution in [0.25, 0.3) is 0 Å². The van der Waals surface area contributed by atoms with Gasteiger partial charge < -0.3 is 28.4 Å². The molecule has 2 unspecified atom stereocenters. The monoisotopic (exact) mass is 582 g/mol. The van der Waals surface area contributed by atoms with Gasteiger partial charge in [0.15, 0.2) is 12.2 Å². The molecule has 10 nitrogen and oxygen atoms in total. The third kappa shape index (κ3) is 12.8. The minimum Gasteiger partial charge on any atom is -0.490 e. The number of carbonyl (C=O) groups excluding carboxylic acids is 4. The molecule has 2 atom stereocenters. The maximum absolute atomic E-state index is 11.6. The molecule has 0 saturated heterocycles. The molecule has 0 fully saturated rings. The van der Waals surface area contributed by atoms with E-state index < -0.39 is 36.1 Å². The summed E-state index contributed by atoms with van der Waals surface area (Å²) in [5.41, 5.74) is 0. The highest BCUT2D eigenvalue weighted by Crippen LogP contribution is 2.30. The number of hydrogen-bond donors (Lipinski definition) is 0. The molecular formula is C30H30O10S. The summed E-state index contributed by atoms with van der Waals surface area (Å²) in [5, 5.41) is 0. The van der Waals surface area contributed by atoms with Gasteiger partial charge in [-0.25, -0.2) is 19.2 Å². The number of rotatable bonds is 18. The molecular weight excluding hydrogens is 552 g/mol. The minimum atomic E-state index is -0.828. The second kappa shape index (κ2) is 17.7. The Morgan fingerprint density at radius 2 is 0.902 bits per heavy atom. The molecule has 0 radical (unpaired) electrons. The van der Waals surface area contributed by atoms with Gasteiger partial charge in [-0.3, -0.25) is 0 Å². The first-order valence-electron chi connectivity index (χ1n) is 12.1. The molecule has 216 valence electrons. The lowest BCUT2D eigenvalue weighted by atomic mass is 10.3. The van der Waals surface area contributed by atoms with Gasteiger partial charge in [-0.2, -0.15) is 0 Å². The molecule has 0 aliphatic carbocycles. The predicted octanol–water partition coefficient (Wildman–Crippen LogP) is 4.25. The fraction of sp³-hybridized carbons (Fsp3) is 0.200. The SMILES string of the molecule is C=CC(=O)OCC(COc1ccc(Sc2ccc(OCC(COC(=O)C=C)OC(=O)C=C)cc2)cc1)OC(=O)C=C. The Labute approximate surface area is 242 Å². The van der Waals surface area contributed by atoms with Crippen molar-refractivity contribution < 1.29 is 47.6 Å². The van der Waals surface area contributed by atoms with E-state index >= 15 is 0 Å². The quantitative estimate of drug-likeness (QED) is 0.142. The van der Waals surface area contributed by atoms with Crippen molar-refractivity contribution in [2.45, 2.75) is 22.0 Å². The molecule has 0 spiro atoms. The minimum absolute atomic E-state index is 0.0394. The number of esters is 4. The number of hydrogen-bond acceptors (Lipinski definition) is 11. The van der Waals surface area contributed by atoms with Gasteiger partial charge in [0, 0.05) is 34.1 Å². The molecule has 0 aromatic heterocycles. The molecule has 0 aliphatic rings. The average Bonchev–Trinajstić information content (AvgIpc) is 3.00. The third-order valence-corrected chi connectivity index (χ3v) is 5.83. The zero-order chi connectivity index (χ0) is 30.0. The largest absolute Gasteiger partial charge is 0.490 e. The lowest BCUT2D eigenvalue weighted by molar-refractivity contribution is -0.154. The van der Waals surface area contributed by atoms with Gasteiger partial charge in [0.05, 0.1) is 0 Å². The van der Waals surface area contributed by atoms with Crippen LogP contribution in [0.2, 0.25) is 0 Å². The molecule has 2 rings (SSSR count). The molecule has 11 heteroatoms. The van der Waals surface area contributed by atoms with E-state index in [0.29, 0.717) is 11.5 Å². The predicted molar refractivity (Wildman–Crippen MR) is 150 cm³/mol. The van der Waals surface area contributed by atoms with E-state index in [4.69, 9.17) is 28.4 Å². The van der Waals surface area contributed by atoms with Crippen molar-refractivity contribution >= 4 is 35.6 Å². The summed E-state index contributed by atoms with van der Waals surface area (Å²) in [5.74, 6) is -1.56. The Bertz CT molecular complexity index is 1130. The molecule has 0 heterocycles. The molecule has 0 saturated carbocycles. The lowest BCUT2D eigenvalue weighted by Gasteiger charge is -2.18. The van der Waals surface area contributed by atoms with Gasteiger partial charge >= 0.3 is 23.9 Å². The highest BCUT2D eigenvalue weighted by Gasteiger charge is 2.17. The standard InChI is InChI=1S/C30H30O10S/c1-5-27(31)37-19-23(39-29(33)7-3)17-35-21-9-13-25(14-10-21)41-26-15-11-22(12-16-26)36-18-24(40-30(34)8-4)20-38-28(32)6-2/h5-16,23-24H,1-4,17-20H2. The van der Waals surface area contributed by atoms with Gasteiger partial charge in [-0.05, 0) is 48.5 Å². The van der Waals surface area contributed by atoms with Crippen molar-refractivity contribution in [3.05, 3.63) is 99.2 Å². The van der Waals surface area contributed by atoms with E-state index in [1.807, 2.05) is 24.3 Å².